The van der Waals surface area contributed by atoms with Crippen LogP contribution in [-0.2, 0) is 19.0 Å². The van der Waals surface area contributed by atoms with Gasteiger partial charge in [0, 0.05) is 5.92 Å². The molecule has 0 aromatic heterocycles. The summed E-state index contributed by atoms with van der Waals surface area (Å²) in [6, 6.07) is 16.5. The van der Waals surface area contributed by atoms with Crippen LogP contribution in [0, 0.1) is 0 Å². The van der Waals surface area contributed by atoms with E-state index in [1.165, 1.54) is 34.9 Å². The lowest BCUT2D eigenvalue weighted by atomic mass is 9.89. The molecular formula is C26H27NO5. The molecule has 2 aromatic carbocycles. The lowest BCUT2D eigenvalue weighted by Crippen LogP contribution is -2.58. The van der Waals surface area contributed by atoms with E-state index < -0.39 is 0 Å². The zero-order valence-electron chi connectivity index (χ0n) is 18.2. The molecule has 6 nitrogen and oxygen atoms in total. The van der Waals surface area contributed by atoms with Gasteiger partial charge in [0.15, 0.2) is 0 Å². The van der Waals surface area contributed by atoms with Gasteiger partial charge in [0.1, 0.15) is 6.61 Å². The number of morpholine rings is 1. The number of esters is 1. The number of carbonyl (C=O) groups is 2. The molecule has 166 valence electrons. The number of rotatable bonds is 4. The highest BCUT2D eigenvalue weighted by atomic mass is 16.6. The lowest BCUT2D eigenvalue weighted by molar-refractivity contribution is -0.139. The number of ether oxygens (including phenoxy) is 3. The van der Waals surface area contributed by atoms with Crippen molar-refractivity contribution in [3.05, 3.63) is 71.3 Å². The molecule has 0 N–H and O–H groups in total. The smallest absolute Gasteiger partial charge is 0.410 e. The fourth-order valence-electron chi connectivity index (χ4n) is 5.25. The van der Waals surface area contributed by atoms with E-state index in [0.29, 0.717) is 32.7 Å². The first-order valence-electron chi connectivity index (χ1n) is 11.1. The summed E-state index contributed by atoms with van der Waals surface area (Å²) >= 11 is 0. The zero-order chi connectivity index (χ0) is 22.1. The van der Waals surface area contributed by atoms with Gasteiger partial charge in [-0.05, 0) is 35.1 Å². The van der Waals surface area contributed by atoms with Crippen molar-refractivity contribution in [2.45, 2.75) is 37.3 Å². The van der Waals surface area contributed by atoms with Crippen molar-refractivity contribution < 1.29 is 23.8 Å². The average Bonchev–Trinajstić information content (AvgIpc) is 3.14. The van der Waals surface area contributed by atoms with Crippen molar-refractivity contribution in [3.8, 4) is 11.1 Å². The number of carbonyl (C=O) groups excluding carboxylic acids is 2. The number of hydrogen-bond donors (Lipinski definition) is 0. The number of nitrogens with zero attached hydrogens (tertiary/aromatic N) is 1. The SMILES string of the molecule is COC(=O)CC=C1CC2COCC(C1)N2C(=O)OCC1c2ccccc2-c2ccccc21. The zero-order valence-corrected chi connectivity index (χ0v) is 18.2. The number of hydrogen-bond acceptors (Lipinski definition) is 5. The second-order valence-electron chi connectivity index (χ2n) is 8.61. The Morgan fingerprint density at radius 2 is 1.59 bits per heavy atom. The Labute approximate surface area is 187 Å². The van der Waals surface area contributed by atoms with Crippen LogP contribution in [-0.4, -0.2) is 56.0 Å². The fraction of sp³-hybridized carbons (Fsp3) is 0.385. The van der Waals surface area contributed by atoms with Crippen LogP contribution < -0.4 is 0 Å². The third kappa shape index (κ3) is 3.79. The van der Waals surface area contributed by atoms with E-state index in [9.17, 15) is 9.59 Å². The molecule has 2 bridgehead atoms. The van der Waals surface area contributed by atoms with Gasteiger partial charge in [-0.1, -0.05) is 60.2 Å². The predicted molar refractivity (Wildman–Crippen MR) is 119 cm³/mol. The minimum absolute atomic E-state index is 0.0442. The van der Waals surface area contributed by atoms with E-state index in [-0.39, 0.29) is 36.5 Å². The average molecular weight is 434 g/mol. The standard InChI is InChI=1S/C26H27NO5/c1-30-25(28)11-10-17-12-18-14-31-15-19(13-17)27(18)26(29)32-16-24-22-8-4-2-6-20(22)21-7-3-5-9-23(21)24/h2-10,18-19,24H,11-16H2,1H3. The summed E-state index contributed by atoms with van der Waals surface area (Å²) < 4.78 is 16.4. The highest BCUT2D eigenvalue weighted by Crippen LogP contribution is 2.44. The van der Waals surface area contributed by atoms with Gasteiger partial charge in [-0.3, -0.25) is 9.69 Å². The van der Waals surface area contributed by atoms with Crippen LogP contribution >= 0.6 is 0 Å². The number of fused-ring (bicyclic) bond motifs is 5. The van der Waals surface area contributed by atoms with E-state index >= 15 is 0 Å². The normalized spacial score (nSPS) is 21.5. The Bertz CT molecular complexity index is 1000. The third-order valence-corrected chi connectivity index (χ3v) is 6.73. The third-order valence-electron chi connectivity index (χ3n) is 6.73. The number of piperidine rings is 1. The molecule has 1 amide bonds. The van der Waals surface area contributed by atoms with Crippen LogP contribution in [0.25, 0.3) is 11.1 Å². The molecule has 2 atom stereocenters. The van der Waals surface area contributed by atoms with Crippen molar-refractivity contribution in [2.24, 2.45) is 0 Å². The van der Waals surface area contributed by atoms with E-state index in [2.05, 4.69) is 24.3 Å². The van der Waals surface area contributed by atoms with Crippen molar-refractivity contribution in [1.29, 1.82) is 0 Å². The van der Waals surface area contributed by atoms with Gasteiger partial charge < -0.3 is 14.2 Å². The first kappa shape index (κ1) is 20.8. The highest BCUT2D eigenvalue weighted by Gasteiger charge is 2.41. The van der Waals surface area contributed by atoms with Crippen LogP contribution in [0.4, 0.5) is 4.79 Å². The summed E-state index contributed by atoms with van der Waals surface area (Å²) in [6.07, 6.45) is 3.30. The summed E-state index contributed by atoms with van der Waals surface area (Å²) in [4.78, 5) is 26.5. The van der Waals surface area contributed by atoms with E-state index in [4.69, 9.17) is 14.2 Å². The van der Waals surface area contributed by atoms with Crippen LogP contribution in [0.3, 0.4) is 0 Å². The van der Waals surface area contributed by atoms with Crippen LogP contribution in [0.1, 0.15) is 36.3 Å². The Kier molecular flexibility index (Phi) is 5.70. The highest BCUT2D eigenvalue weighted by molar-refractivity contribution is 5.79. The molecule has 0 spiro atoms. The molecule has 6 heteroatoms. The Morgan fingerprint density at radius 1 is 1.00 bits per heavy atom. The summed E-state index contributed by atoms with van der Waals surface area (Å²) in [6.45, 7) is 1.28. The Morgan fingerprint density at radius 3 is 2.19 bits per heavy atom. The monoisotopic (exact) mass is 433 g/mol. The van der Waals surface area contributed by atoms with Gasteiger partial charge in [-0.2, -0.15) is 0 Å². The van der Waals surface area contributed by atoms with Crippen molar-refractivity contribution in [1.82, 2.24) is 4.90 Å². The molecule has 32 heavy (non-hydrogen) atoms. The minimum atomic E-state index is -0.280. The van der Waals surface area contributed by atoms with Gasteiger partial charge >= 0.3 is 12.1 Å². The lowest BCUT2D eigenvalue weighted by Gasteiger charge is -2.45. The first-order valence-corrected chi connectivity index (χ1v) is 11.1. The van der Waals surface area contributed by atoms with Gasteiger partial charge in [-0.15, -0.1) is 0 Å². The van der Waals surface area contributed by atoms with Crippen molar-refractivity contribution >= 4 is 12.1 Å². The van der Waals surface area contributed by atoms with Gasteiger partial charge in [0.25, 0.3) is 0 Å². The minimum Gasteiger partial charge on any atom is -0.469 e. The van der Waals surface area contributed by atoms with Crippen LogP contribution in [0.2, 0.25) is 0 Å². The molecule has 2 fully saturated rings. The molecule has 2 aliphatic heterocycles. The van der Waals surface area contributed by atoms with Crippen LogP contribution in [0.15, 0.2) is 60.2 Å². The van der Waals surface area contributed by atoms with Crippen molar-refractivity contribution in [3.63, 3.8) is 0 Å². The summed E-state index contributed by atoms with van der Waals surface area (Å²) in [5.41, 5.74) is 6.02. The maximum absolute atomic E-state index is 13.2. The molecule has 1 aliphatic carbocycles. The summed E-state index contributed by atoms with van der Waals surface area (Å²) in [5.74, 6) is -0.208. The quantitative estimate of drug-likeness (QED) is 0.532. The van der Waals surface area contributed by atoms with E-state index in [1.807, 2.05) is 35.2 Å². The van der Waals surface area contributed by atoms with Gasteiger partial charge in [-0.25, -0.2) is 4.79 Å². The maximum Gasteiger partial charge on any atom is 0.410 e. The van der Waals surface area contributed by atoms with E-state index in [1.54, 1.807) is 0 Å². The van der Waals surface area contributed by atoms with E-state index in [0.717, 1.165) is 0 Å². The number of methoxy groups -OCH3 is 1. The van der Waals surface area contributed by atoms with Crippen molar-refractivity contribution in [2.75, 3.05) is 26.9 Å². The fourth-order valence-corrected chi connectivity index (χ4v) is 5.25. The number of amides is 1. The predicted octanol–water partition coefficient (Wildman–Crippen LogP) is 4.29. The number of benzene rings is 2. The maximum atomic E-state index is 13.2. The molecular weight excluding hydrogens is 406 g/mol. The molecule has 3 aliphatic rings. The first-order chi connectivity index (χ1) is 15.7. The molecule has 2 saturated heterocycles. The molecule has 2 unspecified atom stereocenters. The molecule has 5 rings (SSSR count). The molecule has 2 aromatic rings. The second kappa shape index (κ2) is 8.79. The summed E-state index contributed by atoms with van der Waals surface area (Å²) in [7, 11) is 1.39. The Hall–Kier alpha value is -3.12. The Balaban J connectivity index is 1.29. The summed E-state index contributed by atoms with van der Waals surface area (Å²) in [5, 5.41) is 0. The topological polar surface area (TPSA) is 65.1 Å². The van der Waals surface area contributed by atoms with Gasteiger partial charge in [0.2, 0.25) is 0 Å². The molecule has 0 saturated carbocycles. The van der Waals surface area contributed by atoms with Crippen LogP contribution in [0.5, 0.6) is 0 Å². The van der Waals surface area contributed by atoms with Gasteiger partial charge in [0.05, 0.1) is 38.8 Å². The largest absolute Gasteiger partial charge is 0.469 e. The molecule has 0 radical (unpaired) electrons. The second-order valence-corrected chi connectivity index (χ2v) is 8.61. The molecule has 2 heterocycles.